The van der Waals surface area contributed by atoms with Gasteiger partial charge in [0, 0.05) is 43.7 Å². The van der Waals surface area contributed by atoms with Gasteiger partial charge in [0.25, 0.3) is 5.91 Å². The number of hydrogen-bond acceptors (Lipinski definition) is 5. The molecule has 1 N–H and O–H groups in total. The summed E-state index contributed by atoms with van der Waals surface area (Å²) in [4.78, 5) is 48.7. The molecule has 1 spiro atoms. The smallest absolute Gasteiger partial charge is 0.251 e. The number of fused-ring (bicyclic) bond motifs is 1. The summed E-state index contributed by atoms with van der Waals surface area (Å²) < 4.78 is -0.680. The van der Waals surface area contributed by atoms with E-state index in [0.717, 1.165) is 29.7 Å². The molecule has 8 heteroatoms. The molecule has 0 aliphatic carbocycles. The molecular formula is C32H45N3O4S. The predicted molar refractivity (Wildman–Crippen MR) is 162 cm³/mol. The van der Waals surface area contributed by atoms with Gasteiger partial charge in [-0.1, -0.05) is 44.2 Å². The minimum Gasteiger partial charge on any atom is -0.396 e. The van der Waals surface area contributed by atoms with Crippen LogP contribution in [-0.2, 0) is 14.4 Å². The van der Waals surface area contributed by atoms with Crippen molar-refractivity contribution in [2.45, 2.75) is 69.4 Å². The average Bonchev–Trinajstić information content (AvgIpc) is 3.51. The summed E-state index contributed by atoms with van der Waals surface area (Å²) in [5.74, 6) is -1.10. The Morgan fingerprint density at radius 3 is 2.42 bits per heavy atom. The van der Waals surface area contributed by atoms with Gasteiger partial charge in [0.2, 0.25) is 11.8 Å². The summed E-state index contributed by atoms with van der Waals surface area (Å²) in [6.45, 7) is 17.8. The molecule has 0 saturated carbocycles. The number of unbranched alkanes of at least 4 members (excludes halogenated alkanes) is 1. The highest BCUT2D eigenvalue weighted by Crippen LogP contribution is 2.69. The number of benzene rings is 1. The maximum Gasteiger partial charge on any atom is 0.251 e. The molecule has 7 nitrogen and oxygen atoms in total. The number of para-hydroxylation sites is 1. The molecule has 1 aromatic carbocycles. The van der Waals surface area contributed by atoms with Gasteiger partial charge in [-0.15, -0.1) is 24.9 Å². The fourth-order valence-electron chi connectivity index (χ4n) is 7.44. The number of aliphatic hydroxyl groups is 1. The molecule has 3 amide bonds. The summed E-state index contributed by atoms with van der Waals surface area (Å²) in [5.41, 5.74) is 2.84. The monoisotopic (exact) mass is 567 g/mol. The molecule has 3 saturated heterocycles. The van der Waals surface area contributed by atoms with Crippen molar-refractivity contribution >= 4 is 35.2 Å². The quantitative estimate of drug-likeness (QED) is 0.283. The maximum absolute atomic E-state index is 14.8. The Morgan fingerprint density at radius 1 is 1.15 bits per heavy atom. The molecule has 6 atom stereocenters. The Hall–Kier alpha value is -2.58. The highest BCUT2D eigenvalue weighted by Gasteiger charge is 2.76. The number of nitrogens with zero attached hydrogens (tertiary/aromatic N) is 3. The standard InChI is InChI=1S/C32H45N3O4S/c1-7-15-33(16-8-2)29(37)25-24-20-23(6)32(40-24)26(25)30(38)35(18-10-11-19-36)28(32)31(39)34(17-9-3)27-21(4)13-12-14-22(27)5/h7,9,12-14,23-26,28,36H,1,3,8,10-11,15-20H2,2,4-6H3/t23?,24-,25+,26+,28?,32?/m1/s1. The van der Waals surface area contributed by atoms with Gasteiger partial charge >= 0.3 is 0 Å². The van der Waals surface area contributed by atoms with Crippen LogP contribution >= 0.6 is 11.8 Å². The van der Waals surface area contributed by atoms with E-state index in [9.17, 15) is 19.5 Å². The lowest BCUT2D eigenvalue weighted by atomic mass is 9.65. The Labute approximate surface area is 243 Å². The van der Waals surface area contributed by atoms with E-state index in [0.29, 0.717) is 39.0 Å². The van der Waals surface area contributed by atoms with Crippen LogP contribution in [0.1, 0.15) is 50.7 Å². The van der Waals surface area contributed by atoms with Crippen LogP contribution in [0, 0.1) is 31.6 Å². The van der Waals surface area contributed by atoms with Gasteiger partial charge in [0.15, 0.2) is 0 Å². The third-order valence-electron chi connectivity index (χ3n) is 9.01. The summed E-state index contributed by atoms with van der Waals surface area (Å²) in [7, 11) is 0. The van der Waals surface area contributed by atoms with Crippen LogP contribution in [-0.4, -0.2) is 81.5 Å². The fraction of sp³-hybridized carbons (Fsp3) is 0.594. The number of carbonyl (C=O) groups excluding carboxylic acids is 3. The van der Waals surface area contributed by atoms with Crippen LogP contribution in [0.3, 0.4) is 0 Å². The number of anilines is 1. The topological polar surface area (TPSA) is 81.2 Å². The average molecular weight is 568 g/mol. The van der Waals surface area contributed by atoms with Gasteiger partial charge in [-0.05, 0) is 56.6 Å². The number of carbonyl (C=O) groups is 3. The maximum atomic E-state index is 14.8. The number of aryl methyl sites for hydroxylation is 2. The molecule has 2 bridgehead atoms. The SMILES string of the molecule is C=CCN(CCC)C(=O)[C@@H]1[C@H]2C(=O)N(CCCCO)C(C(=O)N(CC=C)c3c(C)cccc3C)C23S[C@@H]1CC3C. The second-order valence-electron chi connectivity index (χ2n) is 11.6. The molecule has 0 aromatic heterocycles. The lowest BCUT2D eigenvalue weighted by molar-refractivity contribution is -0.144. The molecular weight excluding hydrogens is 522 g/mol. The number of rotatable bonds is 13. The van der Waals surface area contributed by atoms with E-state index in [1.807, 2.05) is 43.9 Å². The van der Waals surface area contributed by atoms with Crippen molar-refractivity contribution in [1.29, 1.82) is 0 Å². The highest BCUT2D eigenvalue weighted by atomic mass is 32.2. The van der Waals surface area contributed by atoms with Gasteiger partial charge < -0.3 is 19.8 Å². The third-order valence-corrected chi connectivity index (χ3v) is 11.1. The molecule has 218 valence electrons. The Kier molecular flexibility index (Phi) is 9.51. The number of aliphatic hydroxyl groups excluding tert-OH is 1. The van der Waals surface area contributed by atoms with Crippen molar-refractivity contribution in [2.24, 2.45) is 17.8 Å². The molecule has 3 heterocycles. The van der Waals surface area contributed by atoms with E-state index in [2.05, 4.69) is 20.1 Å². The van der Waals surface area contributed by atoms with Crippen molar-refractivity contribution < 1.29 is 19.5 Å². The number of likely N-dealkylation sites (tertiary alicyclic amines) is 1. The molecule has 40 heavy (non-hydrogen) atoms. The minimum atomic E-state index is -0.690. The van der Waals surface area contributed by atoms with E-state index in [1.165, 1.54) is 0 Å². The zero-order chi connectivity index (χ0) is 29.2. The molecule has 3 fully saturated rings. The van der Waals surface area contributed by atoms with E-state index in [1.54, 1.807) is 33.7 Å². The zero-order valence-electron chi connectivity index (χ0n) is 24.5. The Morgan fingerprint density at radius 2 is 1.82 bits per heavy atom. The van der Waals surface area contributed by atoms with E-state index >= 15 is 0 Å². The van der Waals surface area contributed by atoms with Crippen LogP contribution < -0.4 is 4.90 Å². The van der Waals surface area contributed by atoms with Crippen molar-refractivity contribution in [2.75, 3.05) is 37.7 Å². The summed E-state index contributed by atoms with van der Waals surface area (Å²) >= 11 is 1.71. The fourth-order valence-corrected chi connectivity index (χ4v) is 9.85. The molecule has 3 unspecified atom stereocenters. The second-order valence-corrected chi connectivity index (χ2v) is 13.1. The van der Waals surface area contributed by atoms with Crippen LogP contribution in [0.4, 0.5) is 5.69 Å². The van der Waals surface area contributed by atoms with Crippen LogP contribution in [0.15, 0.2) is 43.5 Å². The van der Waals surface area contributed by atoms with Gasteiger partial charge in [-0.3, -0.25) is 14.4 Å². The number of amides is 3. The minimum absolute atomic E-state index is 0.00330. The highest BCUT2D eigenvalue weighted by molar-refractivity contribution is 8.02. The first-order chi connectivity index (χ1) is 19.2. The largest absolute Gasteiger partial charge is 0.396 e. The Bertz CT molecular complexity index is 1130. The molecule has 3 aliphatic heterocycles. The summed E-state index contributed by atoms with van der Waals surface area (Å²) in [6.07, 6.45) is 6.25. The second kappa shape index (κ2) is 12.5. The first kappa shape index (κ1) is 30.4. The van der Waals surface area contributed by atoms with Crippen molar-refractivity contribution in [1.82, 2.24) is 9.80 Å². The summed E-state index contributed by atoms with van der Waals surface area (Å²) in [5, 5.41) is 9.48. The van der Waals surface area contributed by atoms with Crippen LogP contribution in [0.2, 0.25) is 0 Å². The molecule has 3 aliphatic rings. The predicted octanol–water partition coefficient (Wildman–Crippen LogP) is 4.36. The number of hydrogen-bond donors (Lipinski definition) is 1. The molecule has 4 rings (SSSR count). The Balaban J connectivity index is 1.82. The van der Waals surface area contributed by atoms with E-state index < -0.39 is 22.6 Å². The van der Waals surface area contributed by atoms with Crippen LogP contribution in [0.25, 0.3) is 0 Å². The molecule has 1 aromatic rings. The summed E-state index contributed by atoms with van der Waals surface area (Å²) in [6, 6.07) is 5.30. The normalized spacial score (nSPS) is 28.5. The third kappa shape index (κ3) is 4.91. The number of thioether (sulfide) groups is 1. The van der Waals surface area contributed by atoms with Crippen molar-refractivity contribution in [3.63, 3.8) is 0 Å². The van der Waals surface area contributed by atoms with E-state index in [-0.39, 0.29) is 35.5 Å². The van der Waals surface area contributed by atoms with Crippen LogP contribution in [0.5, 0.6) is 0 Å². The lowest BCUT2D eigenvalue weighted by Crippen LogP contribution is -2.58. The molecule has 0 radical (unpaired) electrons. The van der Waals surface area contributed by atoms with Crippen molar-refractivity contribution in [3.05, 3.63) is 54.6 Å². The van der Waals surface area contributed by atoms with Gasteiger partial charge in [0.1, 0.15) is 6.04 Å². The van der Waals surface area contributed by atoms with Crippen molar-refractivity contribution in [3.8, 4) is 0 Å². The van der Waals surface area contributed by atoms with Gasteiger partial charge in [-0.25, -0.2) is 0 Å². The first-order valence-electron chi connectivity index (χ1n) is 14.7. The lowest BCUT2D eigenvalue weighted by Gasteiger charge is -2.41. The zero-order valence-corrected chi connectivity index (χ0v) is 25.3. The first-order valence-corrected chi connectivity index (χ1v) is 15.5. The van der Waals surface area contributed by atoms with Gasteiger partial charge in [0.05, 0.1) is 16.6 Å². The van der Waals surface area contributed by atoms with Gasteiger partial charge in [-0.2, -0.15) is 0 Å². The van der Waals surface area contributed by atoms with E-state index in [4.69, 9.17) is 0 Å².